The van der Waals surface area contributed by atoms with Crippen LogP contribution in [-0.2, 0) is 4.79 Å². The van der Waals surface area contributed by atoms with Crippen molar-refractivity contribution in [1.29, 1.82) is 0 Å². The van der Waals surface area contributed by atoms with E-state index in [-0.39, 0.29) is 6.61 Å². The lowest BCUT2D eigenvalue weighted by Crippen LogP contribution is -2.24. The van der Waals surface area contributed by atoms with E-state index in [9.17, 15) is 4.79 Å². The van der Waals surface area contributed by atoms with E-state index in [0.717, 1.165) is 54.2 Å². The van der Waals surface area contributed by atoms with Gasteiger partial charge in [0.1, 0.15) is 10.9 Å². The number of fused-ring (bicyclic) bond motifs is 2. The number of aromatic nitrogens is 2. The Hall–Kier alpha value is -4.59. The predicted molar refractivity (Wildman–Crippen MR) is 173 cm³/mol. The third-order valence-corrected chi connectivity index (χ3v) is 7.59. The maximum atomic E-state index is 12.3. The van der Waals surface area contributed by atoms with Crippen LogP contribution in [0.3, 0.4) is 0 Å². The second-order valence-corrected chi connectivity index (χ2v) is 11.0. The van der Waals surface area contributed by atoms with Crippen LogP contribution >= 0.6 is 27.5 Å². The van der Waals surface area contributed by atoms with Gasteiger partial charge < -0.3 is 4.74 Å². The largest absolute Gasteiger partial charge is 0.484 e. The molecule has 1 amide bonds. The number of halogens is 2. The number of benzene rings is 4. The van der Waals surface area contributed by atoms with Crippen LogP contribution in [0.2, 0.25) is 5.15 Å². The smallest absolute Gasteiger partial charge is 0.277 e. The van der Waals surface area contributed by atoms with Crippen molar-refractivity contribution in [2.75, 3.05) is 6.61 Å². The van der Waals surface area contributed by atoms with E-state index in [1.54, 1.807) is 0 Å². The standard InChI is InChI=1S/C34H24BrClN4O2/c1-21-6-5-9-24-16-25(34(36)39-33(21)24)19-37-40-32(41)20-42-27-13-10-23(11-14-27)31-18-28(22-7-3-2-4-8-22)29-17-26(35)12-15-30(29)38-31/h2-19H,20H2,1H3,(H,40,41)/b37-19+. The fourth-order valence-electron chi connectivity index (χ4n) is 4.71. The summed E-state index contributed by atoms with van der Waals surface area (Å²) in [5.41, 5.74) is 9.87. The minimum atomic E-state index is -0.397. The minimum absolute atomic E-state index is 0.194. The lowest BCUT2D eigenvalue weighted by Gasteiger charge is -2.11. The molecule has 1 N–H and O–H groups in total. The molecule has 0 saturated heterocycles. The van der Waals surface area contributed by atoms with Gasteiger partial charge in [0.25, 0.3) is 5.91 Å². The van der Waals surface area contributed by atoms with Gasteiger partial charge in [-0.3, -0.25) is 4.79 Å². The quantitative estimate of drug-likeness (QED) is 0.109. The van der Waals surface area contributed by atoms with Crippen molar-refractivity contribution < 1.29 is 9.53 Å². The lowest BCUT2D eigenvalue weighted by atomic mass is 9.98. The Balaban J connectivity index is 1.13. The first-order valence-electron chi connectivity index (χ1n) is 13.2. The molecular weight excluding hydrogens is 612 g/mol. The monoisotopic (exact) mass is 634 g/mol. The van der Waals surface area contributed by atoms with Crippen LogP contribution < -0.4 is 10.2 Å². The van der Waals surface area contributed by atoms with Crippen molar-refractivity contribution >= 4 is 61.5 Å². The van der Waals surface area contributed by atoms with Gasteiger partial charge in [-0.1, -0.05) is 76.1 Å². The van der Waals surface area contributed by atoms with Gasteiger partial charge in [-0.25, -0.2) is 15.4 Å². The van der Waals surface area contributed by atoms with Gasteiger partial charge >= 0.3 is 0 Å². The van der Waals surface area contributed by atoms with Crippen molar-refractivity contribution in [3.05, 3.63) is 124 Å². The van der Waals surface area contributed by atoms with E-state index in [1.807, 2.05) is 85.8 Å². The summed E-state index contributed by atoms with van der Waals surface area (Å²) in [4.78, 5) is 21.7. The molecule has 0 atom stereocenters. The van der Waals surface area contributed by atoms with Crippen molar-refractivity contribution in [2.45, 2.75) is 6.92 Å². The van der Waals surface area contributed by atoms with E-state index in [2.05, 4.69) is 55.7 Å². The third-order valence-electron chi connectivity index (χ3n) is 6.80. The van der Waals surface area contributed by atoms with Crippen molar-refractivity contribution in [2.24, 2.45) is 5.10 Å². The molecule has 6 rings (SSSR count). The molecule has 0 saturated carbocycles. The summed E-state index contributed by atoms with van der Waals surface area (Å²) in [6.07, 6.45) is 1.47. The molecule has 0 unspecified atom stereocenters. The Morgan fingerprint density at radius 3 is 2.55 bits per heavy atom. The predicted octanol–water partition coefficient (Wildman–Crippen LogP) is 8.37. The molecule has 4 aromatic carbocycles. The molecule has 2 heterocycles. The number of carbonyl (C=O) groups is 1. The number of hydrogen-bond donors (Lipinski definition) is 1. The summed E-state index contributed by atoms with van der Waals surface area (Å²) >= 11 is 9.90. The maximum absolute atomic E-state index is 12.3. The number of carbonyl (C=O) groups excluding carboxylic acids is 1. The zero-order valence-corrected chi connectivity index (χ0v) is 24.9. The van der Waals surface area contributed by atoms with Gasteiger partial charge in [-0.05, 0) is 78.2 Å². The van der Waals surface area contributed by atoms with Gasteiger partial charge in [0.15, 0.2) is 6.61 Å². The van der Waals surface area contributed by atoms with Gasteiger partial charge in [-0.15, -0.1) is 0 Å². The average molecular weight is 636 g/mol. The highest BCUT2D eigenvalue weighted by Gasteiger charge is 2.11. The molecular formula is C34H24BrClN4O2. The molecule has 2 aromatic heterocycles. The zero-order valence-electron chi connectivity index (χ0n) is 22.5. The van der Waals surface area contributed by atoms with Crippen molar-refractivity contribution in [1.82, 2.24) is 15.4 Å². The van der Waals surface area contributed by atoms with Crippen LogP contribution in [0.4, 0.5) is 0 Å². The van der Waals surface area contributed by atoms with Gasteiger partial charge in [-0.2, -0.15) is 5.10 Å². The molecule has 0 bridgehead atoms. The summed E-state index contributed by atoms with van der Waals surface area (Å²) in [6.45, 7) is 1.79. The Labute approximate surface area is 256 Å². The van der Waals surface area contributed by atoms with Crippen LogP contribution in [0.25, 0.3) is 44.2 Å². The fourth-order valence-corrected chi connectivity index (χ4v) is 5.26. The maximum Gasteiger partial charge on any atom is 0.277 e. The number of nitrogens with zero attached hydrogens (tertiary/aromatic N) is 3. The van der Waals surface area contributed by atoms with E-state index in [0.29, 0.717) is 16.5 Å². The Bertz CT molecular complexity index is 1960. The Morgan fingerprint density at radius 2 is 1.74 bits per heavy atom. The highest BCUT2D eigenvalue weighted by molar-refractivity contribution is 9.10. The molecule has 0 aliphatic rings. The highest BCUT2D eigenvalue weighted by atomic mass is 79.9. The normalized spacial score (nSPS) is 11.3. The molecule has 0 aliphatic carbocycles. The van der Waals surface area contributed by atoms with Gasteiger partial charge in [0.05, 0.1) is 22.9 Å². The number of ether oxygens (including phenoxy) is 1. The Kier molecular flexibility index (Phi) is 7.95. The molecule has 42 heavy (non-hydrogen) atoms. The number of aryl methyl sites for hydroxylation is 1. The van der Waals surface area contributed by atoms with Crippen molar-refractivity contribution in [3.63, 3.8) is 0 Å². The van der Waals surface area contributed by atoms with Crippen LogP contribution in [0, 0.1) is 6.92 Å². The van der Waals surface area contributed by atoms with E-state index >= 15 is 0 Å². The van der Waals surface area contributed by atoms with Crippen LogP contribution in [0.5, 0.6) is 5.75 Å². The fraction of sp³-hybridized carbons (Fsp3) is 0.0588. The number of hydrazone groups is 1. The summed E-state index contributed by atoms with van der Waals surface area (Å²) in [5, 5.41) is 6.35. The first kappa shape index (κ1) is 27.6. The second kappa shape index (κ2) is 12.1. The minimum Gasteiger partial charge on any atom is -0.484 e. The van der Waals surface area contributed by atoms with E-state index < -0.39 is 5.91 Å². The number of pyridine rings is 2. The first-order chi connectivity index (χ1) is 20.4. The molecule has 0 aliphatic heterocycles. The highest BCUT2D eigenvalue weighted by Crippen LogP contribution is 2.34. The molecule has 0 spiro atoms. The summed E-state index contributed by atoms with van der Waals surface area (Å²) < 4.78 is 6.68. The first-order valence-corrected chi connectivity index (χ1v) is 14.4. The molecule has 8 heteroatoms. The number of amides is 1. The number of hydrogen-bond acceptors (Lipinski definition) is 5. The van der Waals surface area contributed by atoms with Crippen LogP contribution in [0.15, 0.2) is 113 Å². The molecule has 6 nitrogen and oxygen atoms in total. The summed E-state index contributed by atoms with van der Waals surface area (Å²) in [7, 11) is 0. The van der Waals surface area contributed by atoms with Gasteiger partial charge in [0, 0.05) is 26.4 Å². The van der Waals surface area contributed by atoms with E-state index in [1.165, 1.54) is 6.21 Å². The van der Waals surface area contributed by atoms with E-state index in [4.69, 9.17) is 21.3 Å². The number of nitrogens with one attached hydrogen (secondary N) is 1. The molecule has 0 fully saturated rings. The Morgan fingerprint density at radius 1 is 0.929 bits per heavy atom. The SMILES string of the molecule is Cc1cccc2cc(/C=N/NC(=O)COc3ccc(-c4cc(-c5ccccc5)c5cc(Br)ccc5n4)cc3)c(Cl)nc12. The average Bonchev–Trinajstić information content (AvgIpc) is 3.01. The van der Waals surface area contributed by atoms with Crippen LogP contribution in [0.1, 0.15) is 11.1 Å². The number of rotatable bonds is 7. The molecule has 206 valence electrons. The molecule has 0 radical (unpaired) electrons. The van der Waals surface area contributed by atoms with Crippen molar-refractivity contribution in [3.8, 4) is 28.1 Å². The topological polar surface area (TPSA) is 76.5 Å². The third kappa shape index (κ3) is 6.03. The molecule has 6 aromatic rings. The zero-order chi connectivity index (χ0) is 29.1. The summed E-state index contributed by atoms with van der Waals surface area (Å²) in [5.74, 6) is 0.161. The summed E-state index contributed by atoms with van der Waals surface area (Å²) in [6, 6.07) is 33.8. The number of para-hydroxylation sites is 1. The van der Waals surface area contributed by atoms with Crippen LogP contribution in [-0.4, -0.2) is 28.7 Å². The second-order valence-electron chi connectivity index (χ2n) is 9.70. The van der Waals surface area contributed by atoms with Gasteiger partial charge in [0.2, 0.25) is 0 Å². The lowest BCUT2D eigenvalue weighted by molar-refractivity contribution is -0.123.